The molecule has 0 heterocycles. The van der Waals surface area contributed by atoms with Crippen molar-refractivity contribution >= 4 is 39.1 Å². The molecular formula is C19H22BrCl2NO3. The molecule has 0 radical (unpaired) electrons. The first-order valence-electron chi connectivity index (χ1n) is 8.27. The van der Waals surface area contributed by atoms with E-state index in [1.807, 2.05) is 25.1 Å². The van der Waals surface area contributed by atoms with Gasteiger partial charge in [-0.05, 0) is 36.8 Å². The maximum atomic E-state index is 6.21. The summed E-state index contributed by atoms with van der Waals surface area (Å²) in [6.45, 7) is 4.87. The number of ether oxygens (including phenoxy) is 3. The van der Waals surface area contributed by atoms with E-state index in [0.29, 0.717) is 41.3 Å². The van der Waals surface area contributed by atoms with Crippen molar-refractivity contribution in [2.24, 2.45) is 0 Å². The van der Waals surface area contributed by atoms with Crippen molar-refractivity contribution in [3.63, 3.8) is 0 Å². The third-order valence-corrected chi connectivity index (χ3v) is 5.09. The Morgan fingerprint density at radius 1 is 1.08 bits per heavy atom. The summed E-state index contributed by atoms with van der Waals surface area (Å²) in [6, 6.07) is 9.27. The van der Waals surface area contributed by atoms with E-state index in [4.69, 9.17) is 37.4 Å². The first-order chi connectivity index (χ1) is 12.6. The van der Waals surface area contributed by atoms with Crippen LogP contribution in [0.2, 0.25) is 10.0 Å². The number of nitrogens with one attached hydrogen (secondary N) is 1. The number of halogens is 3. The molecule has 0 amide bonds. The van der Waals surface area contributed by atoms with E-state index in [9.17, 15) is 0 Å². The van der Waals surface area contributed by atoms with Crippen molar-refractivity contribution in [1.82, 2.24) is 5.32 Å². The average molecular weight is 463 g/mol. The van der Waals surface area contributed by atoms with Crippen LogP contribution in [0.1, 0.15) is 18.1 Å². The Labute approximate surface area is 172 Å². The lowest BCUT2D eigenvalue weighted by atomic mass is 10.2. The topological polar surface area (TPSA) is 39.7 Å². The lowest BCUT2D eigenvalue weighted by molar-refractivity contribution is 0.199. The van der Waals surface area contributed by atoms with Gasteiger partial charge in [0, 0.05) is 40.3 Å². The molecule has 2 rings (SSSR count). The molecule has 0 aliphatic carbocycles. The maximum absolute atomic E-state index is 6.21. The van der Waals surface area contributed by atoms with Gasteiger partial charge in [-0.25, -0.2) is 0 Å². The highest BCUT2D eigenvalue weighted by molar-refractivity contribution is 9.10. The second-order valence-electron chi connectivity index (χ2n) is 5.48. The zero-order chi connectivity index (χ0) is 18.9. The van der Waals surface area contributed by atoms with Crippen LogP contribution in [0.15, 0.2) is 34.8 Å². The van der Waals surface area contributed by atoms with Gasteiger partial charge in [0.2, 0.25) is 0 Å². The monoisotopic (exact) mass is 461 g/mol. The SMILES string of the molecule is CCOc1cc(CNCCOC)c(Br)cc1OCc1c(Cl)cccc1Cl. The fraction of sp³-hybridized carbons (Fsp3) is 0.368. The molecule has 0 aromatic heterocycles. The molecule has 0 atom stereocenters. The van der Waals surface area contributed by atoms with Gasteiger partial charge in [0.05, 0.1) is 13.2 Å². The minimum atomic E-state index is 0.260. The minimum Gasteiger partial charge on any atom is -0.490 e. The van der Waals surface area contributed by atoms with E-state index in [2.05, 4.69) is 21.2 Å². The Morgan fingerprint density at radius 2 is 1.77 bits per heavy atom. The van der Waals surface area contributed by atoms with Crippen LogP contribution in [0.3, 0.4) is 0 Å². The summed E-state index contributed by atoms with van der Waals surface area (Å²) >= 11 is 16.0. The Balaban J connectivity index is 2.15. The van der Waals surface area contributed by atoms with Crippen molar-refractivity contribution in [2.75, 3.05) is 26.9 Å². The molecule has 2 aromatic rings. The van der Waals surface area contributed by atoms with Crippen LogP contribution in [0.25, 0.3) is 0 Å². The summed E-state index contributed by atoms with van der Waals surface area (Å²) in [4.78, 5) is 0. The largest absolute Gasteiger partial charge is 0.490 e. The van der Waals surface area contributed by atoms with Crippen molar-refractivity contribution in [2.45, 2.75) is 20.1 Å². The maximum Gasteiger partial charge on any atom is 0.162 e. The molecule has 0 aliphatic rings. The first-order valence-corrected chi connectivity index (χ1v) is 9.82. The van der Waals surface area contributed by atoms with Gasteiger partial charge in [0.25, 0.3) is 0 Å². The normalized spacial score (nSPS) is 10.8. The number of rotatable bonds is 10. The second-order valence-corrected chi connectivity index (χ2v) is 7.15. The highest BCUT2D eigenvalue weighted by atomic mass is 79.9. The molecule has 0 unspecified atom stereocenters. The van der Waals surface area contributed by atoms with Gasteiger partial charge in [-0.3, -0.25) is 0 Å². The third kappa shape index (κ3) is 6.03. The molecule has 0 spiro atoms. The van der Waals surface area contributed by atoms with Gasteiger partial charge < -0.3 is 19.5 Å². The summed E-state index contributed by atoms with van der Waals surface area (Å²) in [5.74, 6) is 1.32. The highest BCUT2D eigenvalue weighted by Crippen LogP contribution is 2.35. The van der Waals surface area contributed by atoms with E-state index >= 15 is 0 Å². The number of benzene rings is 2. The van der Waals surface area contributed by atoms with Gasteiger partial charge in [-0.2, -0.15) is 0 Å². The quantitative estimate of drug-likeness (QED) is 0.475. The summed E-state index contributed by atoms with van der Waals surface area (Å²) in [7, 11) is 1.68. The lowest BCUT2D eigenvalue weighted by Crippen LogP contribution is -2.18. The van der Waals surface area contributed by atoms with Gasteiger partial charge >= 0.3 is 0 Å². The Bertz CT molecular complexity index is 708. The van der Waals surface area contributed by atoms with Crippen LogP contribution in [-0.4, -0.2) is 26.9 Å². The van der Waals surface area contributed by atoms with E-state index in [0.717, 1.165) is 22.1 Å². The molecule has 0 saturated carbocycles. The first kappa shape index (κ1) is 21.3. The molecule has 4 nitrogen and oxygen atoms in total. The molecule has 0 bridgehead atoms. The molecular weight excluding hydrogens is 441 g/mol. The van der Waals surface area contributed by atoms with Crippen molar-refractivity contribution in [3.8, 4) is 11.5 Å². The lowest BCUT2D eigenvalue weighted by Gasteiger charge is -2.16. The average Bonchev–Trinajstić information content (AvgIpc) is 2.61. The van der Waals surface area contributed by atoms with Crippen molar-refractivity contribution < 1.29 is 14.2 Å². The summed E-state index contributed by atoms with van der Waals surface area (Å²) < 4.78 is 17.7. The van der Waals surface area contributed by atoms with E-state index in [-0.39, 0.29) is 6.61 Å². The zero-order valence-corrected chi connectivity index (χ0v) is 17.9. The number of hydrogen-bond acceptors (Lipinski definition) is 4. The van der Waals surface area contributed by atoms with E-state index in [1.165, 1.54) is 0 Å². The Morgan fingerprint density at radius 3 is 2.42 bits per heavy atom. The fourth-order valence-corrected chi connectivity index (χ4v) is 3.28. The highest BCUT2D eigenvalue weighted by Gasteiger charge is 2.13. The summed E-state index contributed by atoms with van der Waals surface area (Å²) in [5.41, 5.74) is 1.83. The van der Waals surface area contributed by atoms with Gasteiger partial charge in [-0.15, -0.1) is 0 Å². The van der Waals surface area contributed by atoms with Crippen LogP contribution in [0.5, 0.6) is 11.5 Å². The zero-order valence-electron chi connectivity index (χ0n) is 14.8. The molecule has 1 N–H and O–H groups in total. The predicted octanol–water partition coefficient (Wildman–Crippen LogP) is 5.47. The standard InChI is InChI=1S/C19H22BrCl2NO3/c1-3-25-18-9-13(11-23-7-8-24-2)15(20)10-19(18)26-12-14-16(21)5-4-6-17(14)22/h4-6,9-10,23H,3,7-8,11-12H2,1-2H3. The third-order valence-electron chi connectivity index (χ3n) is 3.64. The predicted molar refractivity (Wildman–Crippen MR) is 110 cm³/mol. The van der Waals surface area contributed by atoms with E-state index in [1.54, 1.807) is 19.2 Å². The smallest absolute Gasteiger partial charge is 0.162 e. The van der Waals surface area contributed by atoms with Crippen LogP contribution in [-0.2, 0) is 17.9 Å². The summed E-state index contributed by atoms with van der Waals surface area (Å²) in [5, 5.41) is 4.47. The van der Waals surface area contributed by atoms with Crippen LogP contribution in [0, 0.1) is 0 Å². The van der Waals surface area contributed by atoms with Gasteiger partial charge in [0.15, 0.2) is 11.5 Å². The second kappa shape index (κ2) is 11.0. The van der Waals surface area contributed by atoms with Crippen LogP contribution < -0.4 is 14.8 Å². The number of hydrogen-bond donors (Lipinski definition) is 1. The van der Waals surface area contributed by atoms with Crippen molar-refractivity contribution in [3.05, 3.63) is 56.0 Å². The van der Waals surface area contributed by atoms with Crippen molar-refractivity contribution in [1.29, 1.82) is 0 Å². The molecule has 26 heavy (non-hydrogen) atoms. The van der Waals surface area contributed by atoms with Gasteiger partial charge in [-0.1, -0.05) is 45.2 Å². The Hall–Kier alpha value is -0.980. The molecule has 0 aliphatic heterocycles. The number of methoxy groups -OCH3 is 1. The molecule has 0 saturated heterocycles. The fourth-order valence-electron chi connectivity index (χ4n) is 2.31. The van der Waals surface area contributed by atoms with E-state index < -0.39 is 0 Å². The minimum absolute atomic E-state index is 0.260. The Kier molecular flexibility index (Phi) is 9.02. The summed E-state index contributed by atoms with van der Waals surface area (Å²) in [6.07, 6.45) is 0. The molecule has 0 fully saturated rings. The molecule has 7 heteroatoms. The van der Waals surface area contributed by atoms with Crippen LogP contribution in [0.4, 0.5) is 0 Å². The van der Waals surface area contributed by atoms with Gasteiger partial charge in [0.1, 0.15) is 6.61 Å². The van der Waals surface area contributed by atoms with Crippen LogP contribution >= 0.6 is 39.1 Å². The molecule has 142 valence electrons. The molecule has 2 aromatic carbocycles.